The van der Waals surface area contributed by atoms with Gasteiger partial charge in [-0.1, -0.05) is 29.3 Å². The number of quaternary nitrogens is 1. The third-order valence-corrected chi connectivity index (χ3v) is 3.44. The lowest BCUT2D eigenvalue weighted by molar-refractivity contribution is -0.710. The summed E-state index contributed by atoms with van der Waals surface area (Å²) in [7, 11) is 0. The molecule has 0 saturated heterocycles. The smallest absolute Gasteiger partial charge is 0.278 e. The van der Waals surface area contributed by atoms with Crippen LogP contribution in [0.25, 0.3) is 0 Å². The average molecular weight is 304 g/mol. The lowest BCUT2D eigenvalue weighted by Crippen LogP contribution is -2.92. The maximum Gasteiger partial charge on any atom is 0.278 e. The molecular weight excluding hydrogens is 283 g/mol. The van der Waals surface area contributed by atoms with Crippen molar-refractivity contribution in [2.75, 3.05) is 0 Å². The Labute approximate surface area is 124 Å². The van der Waals surface area contributed by atoms with E-state index in [0.717, 1.165) is 5.56 Å². The van der Waals surface area contributed by atoms with Crippen LogP contribution >= 0.6 is 23.2 Å². The van der Waals surface area contributed by atoms with E-state index < -0.39 is 0 Å². The van der Waals surface area contributed by atoms with Crippen molar-refractivity contribution in [1.29, 1.82) is 0 Å². The Morgan fingerprint density at radius 3 is 2.37 bits per heavy atom. The van der Waals surface area contributed by atoms with Gasteiger partial charge in [-0.3, -0.25) is 4.79 Å². The summed E-state index contributed by atoms with van der Waals surface area (Å²) < 4.78 is 0. The van der Waals surface area contributed by atoms with Gasteiger partial charge in [0.1, 0.15) is 6.04 Å². The maximum absolute atomic E-state index is 11.9. The molecule has 1 rings (SSSR count). The van der Waals surface area contributed by atoms with Crippen molar-refractivity contribution in [3.8, 4) is 0 Å². The van der Waals surface area contributed by atoms with Gasteiger partial charge < -0.3 is 10.6 Å². The van der Waals surface area contributed by atoms with Gasteiger partial charge in [0, 0.05) is 16.6 Å². The fraction of sp³-hybridized carbons (Fsp3) is 0.500. The zero-order valence-electron chi connectivity index (χ0n) is 11.7. The Bertz CT molecular complexity index is 449. The predicted molar refractivity (Wildman–Crippen MR) is 79.5 cm³/mol. The first-order valence-electron chi connectivity index (χ1n) is 6.41. The third kappa shape index (κ3) is 5.01. The van der Waals surface area contributed by atoms with Crippen molar-refractivity contribution >= 4 is 29.1 Å². The molecule has 0 bridgehead atoms. The number of benzene rings is 1. The van der Waals surface area contributed by atoms with Crippen LogP contribution in [-0.2, 0) is 4.79 Å². The van der Waals surface area contributed by atoms with E-state index >= 15 is 0 Å². The van der Waals surface area contributed by atoms with E-state index in [9.17, 15) is 4.79 Å². The molecule has 19 heavy (non-hydrogen) atoms. The summed E-state index contributed by atoms with van der Waals surface area (Å²) >= 11 is 12.0. The summed E-state index contributed by atoms with van der Waals surface area (Å²) in [6.07, 6.45) is 0. The van der Waals surface area contributed by atoms with Crippen LogP contribution in [0.15, 0.2) is 18.2 Å². The zero-order chi connectivity index (χ0) is 14.6. The van der Waals surface area contributed by atoms with E-state index in [-0.39, 0.29) is 24.0 Å². The molecule has 0 saturated carbocycles. The first-order valence-corrected chi connectivity index (χ1v) is 7.17. The Hall–Kier alpha value is -0.770. The van der Waals surface area contributed by atoms with Crippen LogP contribution in [0.3, 0.4) is 0 Å². The molecule has 3 N–H and O–H groups in total. The van der Waals surface area contributed by atoms with Crippen molar-refractivity contribution in [1.82, 2.24) is 5.32 Å². The molecule has 0 aliphatic rings. The van der Waals surface area contributed by atoms with E-state index in [4.69, 9.17) is 23.2 Å². The molecule has 0 aliphatic carbocycles. The molecule has 0 radical (unpaired) electrons. The fourth-order valence-electron chi connectivity index (χ4n) is 1.91. The largest absolute Gasteiger partial charge is 0.349 e. The molecule has 0 aromatic heterocycles. The molecular formula is C14H21Cl2N2O+. The molecule has 106 valence electrons. The number of hydrogen-bond donors (Lipinski definition) is 2. The van der Waals surface area contributed by atoms with Crippen molar-refractivity contribution in [2.45, 2.75) is 45.8 Å². The maximum atomic E-state index is 11.9. The molecule has 3 nitrogen and oxygen atoms in total. The second kappa shape index (κ2) is 7.13. The molecule has 0 fully saturated rings. The Balaban J connectivity index is 2.68. The van der Waals surface area contributed by atoms with Crippen LogP contribution in [0.1, 0.15) is 39.3 Å². The Kier molecular flexibility index (Phi) is 6.11. The molecule has 1 amide bonds. The van der Waals surface area contributed by atoms with Gasteiger partial charge in [-0.15, -0.1) is 0 Å². The number of carbonyl (C=O) groups is 1. The van der Waals surface area contributed by atoms with Crippen molar-refractivity contribution in [3.63, 3.8) is 0 Å². The van der Waals surface area contributed by atoms with Gasteiger partial charge in [-0.05, 0) is 39.8 Å². The summed E-state index contributed by atoms with van der Waals surface area (Å²) in [5.74, 6) is 0.0342. The topological polar surface area (TPSA) is 45.7 Å². The summed E-state index contributed by atoms with van der Waals surface area (Å²) in [4.78, 5) is 11.9. The highest BCUT2D eigenvalue weighted by atomic mass is 35.5. The second-order valence-electron chi connectivity index (χ2n) is 5.10. The van der Waals surface area contributed by atoms with E-state index in [1.54, 1.807) is 6.07 Å². The van der Waals surface area contributed by atoms with E-state index in [0.29, 0.717) is 10.0 Å². The van der Waals surface area contributed by atoms with Gasteiger partial charge >= 0.3 is 0 Å². The van der Waals surface area contributed by atoms with Gasteiger partial charge in [-0.25, -0.2) is 0 Å². The highest BCUT2D eigenvalue weighted by Crippen LogP contribution is 2.24. The van der Waals surface area contributed by atoms with Crippen molar-refractivity contribution in [3.05, 3.63) is 33.8 Å². The second-order valence-corrected chi connectivity index (χ2v) is 5.94. The number of hydrogen-bond acceptors (Lipinski definition) is 1. The zero-order valence-corrected chi connectivity index (χ0v) is 13.2. The SMILES string of the molecule is CC(C)NC(=O)[C@H](C)[NH2+][C@H](C)c1ccc(Cl)cc1Cl. The number of carbonyl (C=O) groups excluding carboxylic acids is 1. The molecule has 0 heterocycles. The van der Waals surface area contributed by atoms with E-state index in [2.05, 4.69) is 5.32 Å². The van der Waals surface area contributed by atoms with E-state index in [1.165, 1.54) is 0 Å². The number of amides is 1. The predicted octanol–water partition coefficient (Wildman–Crippen LogP) is 2.53. The average Bonchev–Trinajstić information content (AvgIpc) is 2.27. The van der Waals surface area contributed by atoms with Crippen LogP contribution < -0.4 is 10.6 Å². The molecule has 0 spiro atoms. The van der Waals surface area contributed by atoms with Crippen LogP contribution in [0.5, 0.6) is 0 Å². The third-order valence-electron chi connectivity index (χ3n) is 2.87. The molecule has 5 heteroatoms. The monoisotopic (exact) mass is 303 g/mol. The summed E-state index contributed by atoms with van der Waals surface area (Å²) in [5, 5.41) is 6.14. The van der Waals surface area contributed by atoms with Gasteiger partial charge in [0.2, 0.25) is 0 Å². The number of halogens is 2. The lowest BCUT2D eigenvalue weighted by Gasteiger charge is -2.18. The van der Waals surface area contributed by atoms with Gasteiger partial charge in [0.05, 0.1) is 5.02 Å². The summed E-state index contributed by atoms with van der Waals surface area (Å²) in [5.41, 5.74) is 0.982. The minimum Gasteiger partial charge on any atom is -0.349 e. The highest BCUT2D eigenvalue weighted by molar-refractivity contribution is 6.35. The van der Waals surface area contributed by atoms with Gasteiger partial charge in [0.25, 0.3) is 5.91 Å². The number of nitrogens with one attached hydrogen (secondary N) is 1. The molecule has 1 aromatic rings. The first kappa shape index (κ1) is 16.3. The van der Waals surface area contributed by atoms with Crippen LogP contribution in [0.4, 0.5) is 0 Å². The van der Waals surface area contributed by atoms with Crippen LogP contribution in [-0.4, -0.2) is 18.0 Å². The molecule has 0 aliphatic heterocycles. The normalized spacial score (nSPS) is 14.3. The van der Waals surface area contributed by atoms with Crippen LogP contribution in [0.2, 0.25) is 10.0 Å². The Morgan fingerprint density at radius 2 is 1.84 bits per heavy atom. The standard InChI is InChI=1S/C14H20Cl2N2O/c1-8(2)17-14(19)10(4)18-9(3)12-6-5-11(15)7-13(12)16/h5-10,18H,1-4H3,(H,17,19)/p+1/t9-,10+/m1/s1. The minimum absolute atomic E-state index is 0.0342. The lowest BCUT2D eigenvalue weighted by atomic mass is 10.1. The number of nitrogens with two attached hydrogens (primary N) is 1. The molecule has 1 aromatic carbocycles. The van der Waals surface area contributed by atoms with Crippen molar-refractivity contribution in [2.24, 2.45) is 0 Å². The van der Waals surface area contributed by atoms with Gasteiger partial charge in [0.15, 0.2) is 6.04 Å². The van der Waals surface area contributed by atoms with Crippen LogP contribution in [0, 0.1) is 0 Å². The fourth-order valence-corrected chi connectivity index (χ4v) is 2.49. The van der Waals surface area contributed by atoms with Crippen molar-refractivity contribution < 1.29 is 10.1 Å². The molecule has 2 atom stereocenters. The van der Waals surface area contributed by atoms with E-state index in [1.807, 2.05) is 45.1 Å². The number of rotatable bonds is 5. The highest BCUT2D eigenvalue weighted by Gasteiger charge is 2.21. The quantitative estimate of drug-likeness (QED) is 0.863. The minimum atomic E-state index is -0.163. The van der Waals surface area contributed by atoms with Gasteiger partial charge in [-0.2, -0.15) is 0 Å². The summed E-state index contributed by atoms with van der Waals surface area (Å²) in [6.45, 7) is 7.81. The first-order chi connectivity index (χ1) is 8.81. The Morgan fingerprint density at radius 1 is 1.21 bits per heavy atom. The summed E-state index contributed by atoms with van der Waals surface area (Å²) in [6, 6.07) is 5.52. The molecule has 0 unspecified atom stereocenters.